The van der Waals surface area contributed by atoms with Crippen LogP contribution in [0.1, 0.15) is 21.5 Å². The van der Waals surface area contributed by atoms with Crippen LogP contribution in [0.25, 0.3) is 0 Å². The van der Waals surface area contributed by atoms with E-state index in [0.717, 1.165) is 11.1 Å². The number of thiol groups is 1. The highest BCUT2D eigenvalue weighted by atomic mass is 32.1. The van der Waals surface area contributed by atoms with Gasteiger partial charge in [-0.15, -0.1) is 0 Å². The number of hydrogen-bond acceptors (Lipinski definition) is 3. The summed E-state index contributed by atoms with van der Waals surface area (Å²) in [6.07, 6.45) is 0. The SMILES string of the molecule is O=C1OCc2ccc(C#CCS)cc21. The van der Waals surface area contributed by atoms with Crippen molar-refractivity contribution in [2.24, 2.45) is 0 Å². The molecule has 2 nitrogen and oxygen atoms in total. The molecule has 0 fully saturated rings. The fraction of sp³-hybridized carbons (Fsp3) is 0.182. The van der Waals surface area contributed by atoms with Crippen molar-refractivity contribution in [3.8, 4) is 11.8 Å². The summed E-state index contributed by atoms with van der Waals surface area (Å²) in [6.45, 7) is 0.383. The van der Waals surface area contributed by atoms with Crippen LogP contribution in [-0.2, 0) is 11.3 Å². The summed E-state index contributed by atoms with van der Waals surface area (Å²) in [5, 5.41) is 0. The molecule has 1 aliphatic rings. The first kappa shape index (κ1) is 9.17. The van der Waals surface area contributed by atoms with E-state index in [-0.39, 0.29) is 5.97 Å². The summed E-state index contributed by atoms with van der Waals surface area (Å²) < 4.78 is 4.88. The number of rotatable bonds is 0. The van der Waals surface area contributed by atoms with Gasteiger partial charge in [0, 0.05) is 11.1 Å². The number of benzene rings is 1. The third-order valence-electron chi connectivity index (χ3n) is 2.00. The number of esters is 1. The minimum Gasteiger partial charge on any atom is -0.457 e. The number of cyclic esters (lactones) is 1. The van der Waals surface area contributed by atoms with E-state index in [1.807, 2.05) is 12.1 Å². The zero-order valence-electron chi connectivity index (χ0n) is 7.41. The number of carbonyl (C=O) groups excluding carboxylic acids is 1. The predicted octanol–water partition coefficient (Wildman–Crippen LogP) is 1.64. The van der Waals surface area contributed by atoms with Crippen molar-refractivity contribution >= 4 is 18.6 Å². The van der Waals surface area contributed by atoms with E-state index in [4.69, 9.17) is 4.74 Å². The first-order chi connectivity index (χ1) is 6.81. The Morgan fingerprint density at radius 3 is 3.14 bits per heavy atom. The van der Waals surface area contributed by atoms with E-state index >= 15 is 0 Å². The largest absolute Gasteiger partial charge is 0.457 e. The first-order valence-corrected chi connectivity index (χ1v) is 4.84. The Hall–Kier alpha value is -1.40. The van der Waals surface area contributed by atoms with Crippen LogP contribution in [0, 0.1) is 11.8 Å². The molecule has 1 aromatic carbocycles. The molecule has 0 radical (unpaired) electrons. The fourth-order valence-electron chi connectivity index (χ4n) is 1.33. The van der Waals surface area contributed by atoms with Gasteiger partial charge in [0.2, 0.25) is 0 Å². The van der Waals surface area contributed by atoms with Crippen LogP contribution in [0.4, 0.5) is 0 Å². The molecular weight excluding hydrogens is 196 g/mol. The van der Waals surface area contributed by atoms with Crippen LogP contribution in [0.3, 0.4) is 0 Å². The highest BCUT2D eigenvalue weighted by Crippen LogP contribution is 2.20. The standard InChI is InChI=1S/C11H8O2S/c12-11-10-6-8(2-1-5-14)3-4-9(10)7-13-11/h3-4,6,14H,5,7H2. The maximum atomic E-state index is 11.2. The topological polar surface area (TPSA) is 26.3 Å². The second-order valence-corrected chi connectivity index (χ2v) is 3.22. The average molecular weight is 204 g/mol. The van der Waals surface area contributed by atoms with E-state index in [0.29, 0.717) is 17.9 Å². The van der Waals surface area contributed by atoms with Crippen LogP contribution >= 0.6 is 12.6 Å². The summed E-state index contributed by atoms with van der Waals surface area (Å²) in [7, 11) is 0. The lowest BCUT2D eigenvalue weighted by Gasteiger charge is -1.94. The minimum atomic E-state index is -0.255. The Kier molecular flexibility index (Phi) is 2.47. The van der Waals surface area contributed by atoms with Crippen molar-refractivity contribution in [1.29, 1.82) is 0 Å². The monoisotopic (exact) mass is 204 g/mol. The number of ether oxygens (including phenoxy) is 1. The number of hydrogen-bond donors (Lipinski definition) is 1. The zero-order valence-corrected chi connectivity index (χ0v) is 8.30. The van der Waals surface area contributed by atoms with E-state index in [1.165, 1.54) is 0 Å². The quantitative estimate of drug-likeness (QED) is 0.395. The molecule has 2 rings (SSSR count). The van der Waals surface area contributed by atoms with Crippen molar-refractivity contribution in [2.45, 2.75) is 6.61 Å². The van der Waals surface area contributed by atoms with Crippen molar-refractivity contribution in [2.75, 3.05) is 5.75 Å². The number of carbonyl (C=O) groups is 1. The van der Waals surface area contributed by atoms with E-state index < -0.39 is 0 Å². The van der Waals surface area contributed by atoms with Gasteiger partial charge in [-0.1, -0.05) is 17.9 Å². The molecule has 3 heteroatoms. The molecule has 0 bridgehead atoms. The molecule has 0 saturated carbocycles. The maximum Gasteiger partial charge on any atom is 0.338 e. The van der Waals surface area contributed by atoms with Gasteiger partial charge in [-0.3, -0.25) is 0 Å². The molecule has 1 aromatic rings. The van der Waals surface area contributed by atoms with Gasteiger partial charge in [-0.25, -0.2) is 4.79 Å². The first-order valence-electron chi connectivity index (χ1n) is 4.21. The lowest BCUT2D eigenvalue weighted by Crippen LogP contribution is -1.93. The van der Waals surface area contributed by atoms with E-state index in [1.54, 1.807) is 6.07 Å². The van der Waals surface area contributed by atoms with Gasteiger partial charge >= 0.3 is 5.97 Å². The minimum absolute atomic E-state index is 0.255. The summed E-state index contributed by atoms with van der Waals surface area (Å²) in [5.74, 6) is 6.00. The molecule has 1 aliphatic heterocycles. The molecule has 1 heterocycles. The van der Waals surface area contributed by atoms with Crippen molar-refractivity contribution in [3.63, 3.8) is 0 Å². The van der Waals surface area contributed by atoms with Gasteiger partial charge in [-0.05, 0) is 12.1 Å². The van der Waals surface area contributed by atoms with Crippen LogP contribution in [-0.4, -0.2) is 11.7 Å². The van der Waals surface area contributed by atoms with Crippen LogP contribution in [0.15, 0.2) is 18.2 Å². The van der Waals surface area contributed by atoms with Crippen LogP contribution in [0.5, 0.6) is 0 Å². The Labute approximate surface area is 87.7 Å². The summed E-state index contributed by atoms with van der Waals surface area (Å²) in [4.78, 5) is 11.2. The fourth-order valence-corrected chi connectivity index (χ4v) is 1.41. The van der Waals surface area contributed by atoms with Crippen LogP contribution in [0.2, 0.25) is 0 Å². The van der Waals surface area contributed by atoms with Gasteiger partial charge in [-0.2, -0.15) is 12.6 Å². The predicted molar refractivity (Wildman–Crippen MR) is 56.3 cm³/mol. The second kappa shape index (κ2) is 3.77. The Balaban J connectivity index is 2.39. The van der Waals surface area contributed by atoms with Crippen LogP contribution < -0.4 is 0 Å². The molecule has 0 spiro atoms. The third-order valence-corrected chi connectivity index (χ3v) is 2.16. The molecule has 0 aliphatic carbocycles. The third kappa shape index (κ3) is 1.61. The van der Waals surface area contributed by atoms with Gasteiger partial charge in [0.25, 0.3) is 0 Å². The van der Waals surface area contributed by atoms with Crippen molar-refractivity contribution in [3.05, 3.63) is 34.9 Å². The molecule has 70 valence electrons. The van der Waals surface area contributed by atoms with Gasteiger partial charge in [0.15, 0.2) is 0 Å². The van der Waals surface area contributed by atoms with Crippen molar-refractivity contribution < 1.29 is 9.53 Å². The van der Waals surface area contributed by atoms with Crippen molar-refractivity contribution in [1.82, 2.24) is 0 Å². The zero-order chi connectivity index (χ0) is 9.97. The molecule has 0 unspecified atom stereocenters. The highest BCUT2D eigenvalue weighted by molar-refractivity contribution is 7.80. The summed E-state index contributed by atoms with van der Waals surface area (Å²) >= 11 is 3.98. The summed E-state index contributed by atoms with van der Waals surface area (Å²) in [5.41, 5.74) is 2.40. The average Bonchev–Trinajstić information content (AvgIpc) is 2.57. The molecule has 0 N–H and O–H groups in total. The number of fused-ring (bicyclic) bond motifs is 1. The van der Waals surface area contributed by atoms with Gasteiger partial charge in [0.1, 0.15) is 6.61 Å². The van der Waals surface area contributed by atoms with E-state index in [9.17, 15) is 4.79 Å². The Bertz CT molecular complexity index is 440. The molecule has 0 atom stereocenters. The normalized spacial score (nSPS) is 12.8. The Morgan fingerprint density at radius 2 is 2.36 bits per heavy atom. The van der Waals surface area contributed by atoms with Gasteiger partial charge in [0.05, 0.1) is 11.3 Å². The van der Waals surface area contributed by atoms with Gasteiger partial charge < -0.3 is 4.74 Å². The van der Waals surface area contributed by atoms with E-state index in [2.05, 4.69) is 24.5 Å². The molecule has 0 amide bonds. The molecule has 0 saturated heterocycles. The smallest absolute Gasteiger partial charge is 0.338 e. The molecule has 0 aromatic heterocycles. The summed E-state index contributed by atoms with van der Waals surface area (Å²) in [6, 6.07) is 5.53. The lowest BCUT2D eigenvalue weighted by atomic mass is 10.1. The maximum absolute atomic E-state index is 11.2. The molecular formula is C11H8O2S. The Morgan fingerprint density at radius 1 is 1.50 bits per heavy atom. The molecule has 14 heavy (non-hydrogen) atoms. The second-order valence-electron chi connectivity index (χ2n) is 2.91. The lowest BCUT2D eigenvalue weighted by molar-refractivity contribution is 0.0535. The highest BCUT2D eigenvalue weighted by Gasteiger charge is 2.20.